The number of hydrogen-bond donors (Lipinski definition) is 3. The van der Waals surface area contributed by atoms with E-state index >= 15 is 0 Å². The minimum absolute atomic E-state index is 0.423. The number of benzene rings is 1. The smallest absolute Gasteiger partial charge is 0.248 e. The number of carbonyl (C=O) groups excluding carboxylic acids is 1. The summed E-state index contributed by atoms with van der Waals surface area (Å²) in [7, 11) is 0. The molecule has 2 rings (SSSR count). The predicted molar refractivity (Wildman–Crippen MR) is 74.0 cm³/mol. The number of halogens is 1. The van der Waals surface area contributed by atoms with Crippen LogP contribution in [-0.2, 0) is 0 Å². The molecule has 1 aliphatic heterocycles. The van der Waals surface area contributed by atoms with E-state index in [0.29, 0.717) is 10.6 Å². The van der Waals surface area contributed by atoms with Crippen molar-refractivity contribution < 1.29 is 4.79 Å². The standard InChI is InChI=1S/C13H16ClN3O/c14-11-7-10(13(15)18)1-2-12(11)17-8-9-3-5-16-6-4-9/h1-3,7,16-17H,4-6,8H2,(H2,15,18). The average molecular weight is 266 g/mol. The minimum Gasteiger partial charge on any atom is -0.380 e. The first-order valence-electron chi connectivity index (χ1n) is 5.88. The third kappa shape index (κ3) is 3.24. The Kier molecular flexibility index (Phi) is 4.23. The lowest BCUT2D eigenvalue weighted by molar-refractivity contribution is 0.100. The summed E-state index contributed by atoms with van der Waals surface area (Å²) in [6, 6.07) is 5.04. The number of anilines is 1. The van der Waals surface area contributed by atoms with Crippen LogP contribution in [0.3, 0.4) is 0 Å². The molecule has 0 aliphatic carbocycles. The van der Waals surface area contributed by atoms with Crippen LogP contribution in [0.2, 0.25) is 5.02 Å². The highest BCUT2D eigenvalue weighted by molar-refractivity contribution is 6.33. The first-order valence-corrected chi connectivity index (χ1v) is 6.26. The lowest BCUT2D eigenvalue weighted by Crippen LogP contribution is -2.23. The van der Waals surface area contributed by atoms with Crippen molar-refractivity contribution in [2.75, 3.05) is 25.0 Å². The van der Waals surface area contributed by atoms with Crippen molar-refractivity contribution in [1.29, 1.82) is 0 Å². The minimum atomic E-state index is -0.468. The van der Waals surface area contributed by atoms with E-state index in [9.17, 15) is 4.79 Å². The molecule has 1 heterocycles. The molecule has 0 saturated carbocycles. The number of amides is 1. The Balaban J connectivity index is 2.01. The maximum Gasteiger partial charge on any atom is 0.248 e. The zero-order valence-electron chi connectivity index (χ0n) is 10.0. The molecule has 1 aliphatic rings. The molecular weight excluding hydrogens is 250 g/mol. The molecule has 4 nitrogen and oxygen atoms in total. The summed E-state index contributed by atoms with van der Waals surface area (Å²) < 4.78 is 0. The van der Waals surface area contributed by atoms with Gasteiger partial charge in [-0.2, -0.15) is 0 Å². The van der Waals surface area contributed by atoms with Gasteiger partial charge in [-0.3, -0.25) is 4.79 Å². The topological polar surface area (TPSA) is 67.2 Å². The van der Waals surface area contributed by atoms with Gasteiger partial charge in [0.1, 0.15) is 0 Å². The summed E-state index contributed by atoms with van der Waals surface area (Å²) in [6.07, 6.45) is 3.23. The largest absolute Gasteiger partial charge is 0.380 e. The van der Waals surface area contributed by atoms with Gasteiger partial charge in [0.15, 0.2) is 0 Å². The monoisotopic (exact) mass is 265 g/mol. The summed E-state index contributed by atoms with van der Waals surface area (Å²) in [5.74, 6) is -0.468. The second kappa shape index (κ2) is 5.89. The highest BCUT2D eigenvalue weighted by Gasteiger charge is 2.07. The quantitative estimate of drug-likeness (QED) is 0.727. The van der Waals surface area contributed by atoms with Crippen LogP contribution < -0.4 is 16.4 Å². The zero-order valence-corrected chi connectivity index (χ0v) is 10.8. The number of carbonyl (C=O) groups is 1. The van der Waals surface area contributed by atoms with Crippen molar-refractivity contribution in [3.05, 3.63) is 40.4 Å². The van der Waals surface area contributed by atoms with E-state index in [0.717, 1.165) is 31.7 Å². The Bertz CT molecular complexity index is 485. The molecule has 5 heteroatoms. The van der Waals surface area contributed by atoms with E-state index in [4.69, 9.17) is 17.3 Å². The molecule has 0 atom stereocenters. The molecule has 0 aromatic heterocycles. The number of rotatable bonds is 4. The molecule has 4 N–H and O–H groups in total. The lowest BCUT2D eigenvalue weighted by Gasteiger charge is -2.16. The van der Waals surface area contributed by atoms with E-state index in [1.807, 2.05) is 0 Å². The number of nitrogens with two attached hydrogens (primary N) is 1. The fourth-order valence-corrected chi connectivity index (χ4v) is 2.10. The zero-order chi connectivity index (χ0) is 13.0. The molecule has 0 radical (unpaired) electrons. The third-order valence-corrected chi connectivity index (χ3v) is 3.23. The van der Waals surface area contributed by atoms with Crippen molar-refractivity contribution in [2.24, 2.45) is 5.73 Å². The van der Waals surface area contributed by atoms with Gasteiger partial charge in [0.05, 0.1) is 10.7 Å². The number of nitrogens with one attached hydrogen (secondary N) is 2. The Hall–Kier alpha value is -1.52. The van der Waals surface area contributed by atoms with Crippen molar-refractivity contribution in [1.82, 2.24) is 5.32 Å². The van der Waals surface area contributed by atoms with Crippen LogP contribution in [0.25, 0.3) is 0 Å². The normalized spacial score (nSPS) is 15.1. The molecule has 0 bridgehead atoms. The Morgan fingerprint density at radius 2 is 2.33 bits per heavy atom. The van der Waals surface area contributed by atoms with Gasteiger partial charge in [0.2, 0.25) is 5.91 Å². The summed E-state index contributed by atoms with van der Waals surface area (Å²) in [6.45, 7) is 2.71. The predicted octanol–water partition coefficient (Wildman–Crippen LogP) is 1.77. The number of hydrogen-bond acceptors (Lipinski definition) is 3. The first-order chi connectivity index (χ1) is 8.66. The summed E-state index contributed by atoms with van der Waals surface area (Å²) in [5.41, 5.74) is 7.80. The van der Waals surface area contributed by atoms with Gasteiger partial charge in [-0.15, -0.1) is 0 Å². The average Bonchev–Trinajstić information content (AvgIpc) is 2.38. The number of primary amides is 1. The highest BCUT2D eigenvalue weighted by Crippen LogP contribution is 2.23. The SMILES string of the molecule is NC(=O)c1ccc(NCC2=CCNCC2)c(Cl)c1. The Labute approximate surface area is 111 Å². The van der Waals surface area contributed by atoms with Crippen molar-refractivity contribution in [2.45, 2.75) is 6.42 Å². The molecule has 0 saturated heterocycles. The third-order valence-electron chi connectivity index (χ3n) is 2.92. The van der Waals surface area contributed by atoms with Crippen molar-refractivity contribution in [3.63, 3.8) is 0 Å². The molecular formula is C13H16ClN3O. The molecule has 1 aromatic carbocycles. The van der Waals surface area contributed by atoms with E-state index in [-0.39, 0.29) is 0 Å². The van der Waals surface area contributed by atoms with Gasteiger partial charge in [-0.25, -0.2) is 0 Å². The van der Waals surface area contributed by atoms with Crippen LogP contribution in [0.5, 0.6) is 0 Å². The van der Waals surface area contributed by atoms with E-state index < -0.39 is 5.91 Å². The molecule has 18 heavy (non-hydrogen) atoms. The molecule has 96 valence electrons. The summed E-state index contributed by atoms with van der Waals surface area (Å²) in [4.78, 5) is 11.0. The van der Waals surface area contributed by atoms with Crippen LogP contribution >= 0.6 is 11.6 Å². The van der Waals surface area contributed by atoms with Gasteiger partial charge in [0, 0.05) is 18.7 Å². The maximum atomic E-state index is 11.0. The summed E-state index contributed by atoms with van der Waals surface area (Å²) >= 11 is 6.09. The first kappa shape index (κ1) is 12.9. The van der Waals surface area contributed by atoms with Crippen LogP contribution in [0.4, 0.5) is 5.69 Å². The second-order valence-corrected chi connectivity index (χ2v) is 4.64. The van der Waals surface area contributed by atoms with Crippen LogP contribution in [0, 0.1) is 0 Å². The fraction of sp³-hybridized carbons (Fsp3) is 0.308. The van der Waals surface area contributed by atoms with Gasteiger partial charge in [-0.05, 0) is 31.2 Å². The van der Waals surface area contributed by atoms with Crippen LogP contribution in [0.1, 0.15) is 16.8 Å². The fourth-order valence-electron chi connectivity index (χ4n) is 1.85. The van der Waals surface area contributed by atoms with Gasteiger partial charge in [0.25, 0.3) is 0 Å². The highest BCUT2D eigenvalue weighted by atomic mass is 35.5. The van der Waals surface area contributed by atoms with E-state index in [1.165, 1.54) is 5.57 Å². The summed E-state index contributed by atoms with van der Waals surface area (Å²) in [5, 5.41) is 7.05. The molecule has 1 amide bonds. The van der Waals surface area contributed by atoms with E-state index in [1.54, 1.807) is 18.2 Å². The van der Waals surface area contributed by atoms with Gasteiger partial charge in [-0.1, -0.05) is 23.3 Å². The molecule has 0 unspecified atom stereocenters. The molecule has 0 spiro atoms. The second-order valence-electron chi connectivity index (χ2n) is 4.23. The lowest BCUT2D eigenvalue weighted by atomic mass is 10.1. The van der Waals surface area contributed by atoms with E-state index in [2.05, 4.69) is 16.7 Å². The van der Waals surface area contributed by atoms with Gasteiger partial charge >= 0.3 is 0 Å². The Morgan fingerprint density at radius 3 is 2.94 bits per heavy atom. The Morgan fingerprint density at radius 1 is 1.50 bits per heavy atom. The van der Waals surface area contributed by atoms with Crippen molar-refractivity contribution >= 4 is 23.2 Å². The molecule has 0 fully saturated rings. The van der Waals surface area contributed by atoms with Gasteiger partial charge < -0.3 is 16.4 Å². The van der Waals surface area contributed by atoms with Crippen LogP contribution in [-0.4, -0.2) is 25.5 Å². The van der Waals surface area contributed by atoms with Crippen LogP contribution in [0.15, 0.2) is 29.8 Å². The maximum absolute atomic E-state index is 11.0. The van der Waals surface area contributed by atoms with Crippen molar-refractivity contribution in [3.8, 4) is 0 Å². The molecule has 1 aromatic rings.